The number of halogens is 1. The number of carbonyl (C=O) groups excluding carboxylic acids is 7. The minimum absolute atomic E-state index is 0.520. The molecule has 0 aromatic carbocycles. The third-order valence-electron chi connectivity index (χ3n) is 8.38. The van der Waals surface area contributed by atoms with Crippen LogP contribution in [0.15, 0.2) is 0 Å². The first kappa shape index (κ1) is 38.0. The highest BCUT2D eigenvalue weighted by Gasteiger charge is 2.81. The van der Waals surface area contributed by atoms with E-state index in [1.165, 1.54) is 0 Å². The van der Waals surface area contributed by atoms with Crippen LogP contribution in [0.5, 0.6) is 0 Å². The standard InChI is InChI=1S/C26H35BrO17/c1-8(28)15(35)17-22(37,10(3)30)23(38,11(4)31)19(20(27)42-17)44-21-25(40,13(6)33)26(41,14(7)34)24(39,12(5)32)18(43-21)16(36)9(2)29/h15-21,35-41H,1-7H3/t15?,16?,17-,18-,19+,20?,21?,22-,23-,24-,25+,26+/m1/s1. The van der Waals surface area contributed by atoms with Crippen molar-refractivity contribution >= 4 is 56.4 Å². The smallest absolute Gasteiger partial charge is 0.213 e. The number of aliphatic hydroxyl groups is 7. The zero-order valence-electron chi connectivity index (χ0n) is 24.6. The Morgan fingerprint density at radius 1 is 0.591 bits per heavy atom. The Kier molecular flexibility index (Phi) is 10.5. The number of ketones is 7. The normalized spacial score (nSPS) is 42.1. The first-order chi connectivity index (χ1) is 19.8. The van der Waals surface area contributed by atoms with Crippen molar-refractivity contribution in [3.05, 3.63) is 0 Å². The first-order valence-electron chi connectivity index (χ1n) is 12.9. The summed E-state index contributed by atoms with van der Waals surface area (Å²) in [5, 5.41) is 77.3. The van der Waals surface area contributed by atoms with Gasteiger partial charge in [0.15, 0.2) is 63.6 Å². The van der Waals surface area contributed by atoms with Gasteiger partial charge < -0.3 is 50.0 Å². The van der Waals surface area contributed by atoms with Gasteiger partial charge in [-0.15, -0.1) is 0 Å². The van der Waals surface area contributed by atoms with E-state index in [1.54, 1.807) is 0 Å². The summed E-state index contributed by atoms with van der Waals surface area (Å²) >= 11 is 2.87. The molecule has 0 spiro atoms. The molecule has 2 aliphatic rings. The molecule has 7 N–H and O–H groups in total. The molecule has 0 aliphatic carbocycles. The summed E-state index contributed by atoms with van der Waals surface area (Å²) in [5.74, 6) is -10.2. The molecule has 12 atom stereocenters. The summed E-state index contributed by atoms with van der Waals surface area (Å²) in [6.07, 6.45) is -15.4. The summed E-state index contributed by atoms with van der Waals surface area (Å²) in [4.78, 5) is 88.8. The van der Waals surface area contributed by atoms with Crippen LogP contribution in [0.4, 0.5) is 0 Å². The van der Waals surface area contributed by atoms with Crippen molar-refractivity contribution in [1.29, 1.82) is 0 Å². The maximum atomic E-state index is 13.0. The average molecular weight is 699 g/mol. The summed E-state index contributed by atoms with van der Waals surface area (Å²) in [7, 11) is 0. The second-order valence-corrected chi connectivity index (χ2v) is 11.9. The second kappa shape index (κ2) is 12.2. The zero-order chi connectivity index (χ0) is 34.7. The maximum Gasteiger partial charge on any atom is 0.213 e. The number of alkyl halides is 1. The molecular formula is C26H35BrO17. The van der Waals surface area contributed by atoms with Crippen molar-refractivity contribution in [3.8, 4) is 0 Å². The number of hydrogen-bond donors (Lipinski definition) is 7. The van der Waals surface area contributed by atoms with Gasteiger partial charge in [-0.3, -0.25) is 33.6 Å². The average Bonchev–Trinajstić information content (AvgIpc) is 2.90. The predicted octanol–water partition coefficient (Wildman–Crippen LogP) is -4.28. The molecule has 17 nitrogen and oxygen atoms in total. The van der Waals surface area contributed by atoms with E-state index in [-0.39, 0.29) is 0 Å². The zero-order valence-corrected chi connectivity index (χ0v) is 26.2. The Balaban J connectivity index is 2.98. The quantitative estimate of drug-likeness (QED) is 0.100. The van der Waals surface area contributed by atoms with E-state index >= 15 is 0 Å². The Morgan fingerprint density at radius 3 is 1.27 bits per heavy atom. The lowest BCUT2D eigenvalue weighted by Crippen LogP contribution is -2.88. The largest absolute Gasteiger partial charge is 0.382 e. The first-order valence-corrected chi connectivity index (χ1v) is 13.8. The molecule has 2 fully saturated rings. The van der Waals surface area contributed by atoms with E-state index in [2.05, 4.69) is 15.9 Å². The third kappa shape index (κ3) is 4.87. The van der Waals surface area contributed by atoms with Crippen LogP contribution in [0, 0.1) is 0 Å². The fourth-order valence-corrected chi connectivity index (χ4v) is 6.48. The van der Waals surface area contributed by atoms with Crippen LogP contribution in [0.25, 0.3) is 0 Å². The van der Waals surface area contributed by atoms with Crippen LogP contribution in [-0.4, -0.2) is 146 Å². The number of carbonyl (C=O) groups is 7. The molecular weight excluding hydrogens is 664 g/mol. The highest BCUT2D eigenvalue weighted by atomic mass is 79.9. The van der Waals surface area contributed by atoms with Crippen molar-refractivity contribution in [2.45, 2.75) is 118 Å². The van der Waals surface area contributed by atoms with Crippen LogP contribution in [0.2, 0.25) is 0 Å². The molecule has 0 saturated carbocycles. The molecule has 0 bridgehead atoms. The number of Topliss-reactive ketones (excluding diaryl/α,β-unsaturated/α-hetero) is 7. The number of ether oxygens (including phenoxy) is 3. The topological polar surface area (TPSA) is 289 Å². The minimum atomic E-state index is -3.97. The molecule has 0 aromatic rings. The fourth-order valence-electron chi connectivity index (χ4n) is 5.74. The van der Waals surface area contributed by atoms with Gasteiger partial charge in [0.1, 0.15) is 35.5 Å². The summed E-state index contributed by atoms with van der Waals surface area (Å²) < 4.78 is 16.3. The SMILES string of the molecule is CC(=O)C(O)[C@H]1OC(O[C@H]2C(Br)O[C@H](C(O)C(C)=O)[C@](O)(C(C)=O)[C@@]2(O)C(C)=O)[C@@](O)(C(C)=O)[C@](O)(C(C)=O)[C@@]1(O)C(C)=O. The van der Waals surface area contributed by atoms with Gasteiger partial charge >= 0.3 is 0 Å². The molecule has 2 aliphatic heterocycles. The highest BCUT2D eigenvalue weighted by Crippen LogP contribution is 2.51. The van der Waals surface area contributed by atoms with E-state index in [9.17, 15) is 69.3 Å². The van der Waals surface area contributed by atoms with Crippen LogP contribution >= 0.6 is 15.9 Å². The molecule has 248 valence electrons. The fraction of sp³-hybridized carbons (Fsp3) is 0.731. The predicted molar refractivity (Wildman–Crippen MR) is 143 cm³/mol. The van der Waals surface area contributed by atoms with Crippen molar-refractivity contribution in [3.63, 3.8) is 0 Å². The van der Waals surface area contributed by atoms with E-state index in [0.29, 0.717) is 34.6 Å². The Labute approximate surface area is 258 Å². The van der Waals surface area contributed by atoms with Gasteiger partial charge in [-0.25, -0.2) is 0 Å². The van der Waals surface area contributed by atoms with E-state index in [4.69, 9.17) is 14.2 Å². The molecule has 0 radical (unpaired) electrons. The number of aliphatic hydroxyl groups excluding tert-OH is 2. The van der Waals surface area contributed by atoms with Gasteiger partial charge in [-0.1, -0.05) is 15.9 Å². The molecule has 18 heteroatoms. The van der Waals surface area contributed by atoms with E-state index in [1.807, 2.05) is 0 Å². The van der Waals surface area contributed by atoms with Gasteiger partial charge in [-0.2, -0.15) is 0 Å². The minimum Gasteiger partial charge on any atom is -0.382 e. The summed E-state index contributed by atoms with van der Waals surface area (Å²) in [5.41, 5.74) is -18.6. The van der Waals surface area contributed by atoms with Crippen LogP contribution in [0.1, 0.15) is 48.5 Å². The number of rotatable bonds is 11. The molecule has 0 aromatic heterocycles. The Morgan fingerprint density at radius 2 is 0.955 bits per heavy atom. The Hall–Kier alpha value is -2.23. The molecule has 2 heterocycles. The van der Waals surface area contributed by atoms with Gasteiger partial charge in [0, 0.05) is 0 Å². The molecule has 2 saturated heterocycles. The van der Waals surface area contributed by atoms with Gasteiger partial charge in [-0.05, 0) is 48.5 Å². The van der Waals surface area contributed by atoms with Crippen molar-refractivity contribution in [2.75, 3.05) is 0 Å². The van der Waals surface area contributed by atoms with Crippen molar-refractivity contribution < 1.29 is 83.5 Å². The highest BCUT2D eigenvalue weighted by molar-refractivity contribution is 9.09. The third-order valence-corrected chi connectivity index (χ3v) is 9.07. The number of hydrogen-bond acceptors (Lipinski definition) is 17. The van der Waals surface area contributed by atoms with Crippen LogP contribution in [0.3, 0.4) is 0 Å². The van der Waals surface area contributed by atoms with E-state index in [0.717, 1.165) is 13.8 Å². The lowest BCUT2D eigenvalue weighted by Gasteiger charge is -2.60. The van der Waals surface area contributed by atoms with Crippen LogP contribution in [-0.2, 0) is 47.8 Å². The van der Waals surface area contributed by atoms with Gasteiger partial charge in [0.25, 0.3) is 0 Å². The lowest BCUT2D eigenvalue weighted by molar-refractivity contribution is -0.396. The van der Waals surface area contributed by atoms with Gasteiger partial charge in [0.05, 0.1) is 0 Å². The summed E-state index contributed by atoms with van der Waals surface area (Å²) in [6, 6.07) is 0. The van der Waals surface area contributed by atoms with Crippen molar-refractivity contribution in [1.82, 2.24) is 0 Å². The molecule has 2 rings (SSSR count). The van der Waals surface area contributed by atoms with Crippen LogP contribution < -0.4 is 0 Å². The Bertz CT molecular complexity index is 1280. The lowest BCUT2D eigenvalue weighted by atomic mass is 9.60. The summed E-state index contributed by atoms with van der Waals surface area (Å²) in [6.45, 7) is 4.49. The molecule has 44 heavy (non-hydrogen) atoms. The van der Waals surface area contributed by atoms with Crippen molar-refractivity contribution in [2.24, 2.45) is 0 Å². The molecule has 0 amide bonds. The van der Waals surface area contributed by atoms with E-state index < -0.39 is 110 Å². The molecule has 4 unspecified atom stereocenters. The maximum absolute atomic E-state index is 13.0. The second-order valence-electron chi connectivity index (χ2n) is 11.0. The monoisotopic (exact) mass is 698 g/mol. The van der Waals surface area contributed by atoms with Gasteiger partial charge in [0.2, 0.25) is 11.2 Å².